The molecule has 2 aromatic carbocycles. The maximum atomic E-state index is 13.8. The van der Waals surface area contributed by atoms with Gasteiger partial charge in [0.05, 0.1) is 18.5 Å². The number of hydrogen-bond acceptors (Lipinski definition) is 9. The quantitative estimate of drug-likeness (QED) is 0.168. The third-order valence-electron chi connectivity index (χ3n) is 7.33. The van der Waals surface area contributed by atoms with E-state index in [4.69, 9.17) is 15.2 Å². The van der Waals surface area contributed by atoms with Crippen LogP contribution in [-0.4, -0.2) is 89.5 Å². The molecule has 0 radical (unpaired) electrons. The van der Waals surface area contributed by atoms with Crippen LogP contribution in [0, 0.1) is 0 Å². The largest absolute Gasteiger partial charge is 0.447 e. The second-order valence-corrected chi connectivity index (χ2v) is 13.4. The molecule has 0 spiro atoms. The first-order valence-electron chi connectivity index (χ1n) is 15.5. The smallest absolute Gasteiger partial charge is 0.408 e. The van der Waals surface area contributed by atoms with E-state index in [-0.39, 0.29) is 12.0 Å². The molecule has 16 nitrogen and oxygen atoms in total. The van der Waals surface area contributed by atoms with E-state index in [9.17, 15) is 33.6 Å². The average Bonchev–Trinajstić information content (AvgIpc) is 3.44. The highest BCUT2D eigenvalue weighted by Gasteiger charge is 2.34. The van der Waals surface area contributed by atoms with Gasteiger partial charge in [-0.05, 0) is 56.7 Å². The Hall–Kier alpha value is -5.45. The van der Waals surface area contributed by atoms with Crippen LogP contribution in [0.2, 0.25) is 0 Å². The van der Waals surface area contributed by atoms with Gasteiger partial charge in [-0.3, -0.25) is 24.0 Å². The second kappa shape index (κ2) is 16.3. The zero-order chi connectivity index (χ0) is 36.6. The molecule has 1 saturated heterocycles. The molecule has 1 fully saturated rings. The number of primary amides is 1. The van der Waals surface area contributed by atoms with Gasteiger partial charge >= 0.3 is 12.1 Å². The Morgan fingerprint density at radius 3 is 2.24 bits per heavy atom. The van der Waals surface area contributed by atoms with Gasteiger partial charge in [0.2, 0.25) is 23.6 Å². The number of aromatic nitrogens is 1. The van der Waals surface area contributed by atoms with Gasteiger partial charge in [0.25, 0.3) is 5.91 Å². The Morgan fingerprint density at radius 1 is 0.900 bits per heavy atom. The van der Waals surface area contributed by atoms with Gasteiger partial charge in [-0.2, -0.15) is 0 Å². The monoisotopic (exact) mass is 755 g/mol. The fourth-order valence-electron chi connectivity index (χ4n) is 4.96. The number of aromatic amines is 1. The summed E-state index contributed by atoms with van der Waals surface area (Å²) >= 11 is 3.44. The number of nitrogens with two attached hydrogens (primary N) is 1. The maximum absolute atomic E-state index is 13.8. The molecule has 0 saturated carbocycles. The second-order valence-electron chi connectivity index (χ2n) is 12.4. The molecule has 1 aliphatic heterocycles. The number of esters is 1. The molecule has 266 valence electrons. The fourth-order valence-corrected chi connectivity index (χ4v) is 5.32. The molecule has 4 atom stereocenters. The number of carbonyl (C=O) groups excluding carboxylic acids is 7. The van der Waals surface area contributed by atoms with Crippen molar-refractivity contribution >= 4 is 68.4 Å². The molecular weight excluding hydrogens is 718 g/mol. The Balaban J connectivity index is 1.69. The van der Waals surface area contributed by atoms with E-state index in [0.29, 0.717) is 5.56 Å². The number of rotatable bonds is 7. The lowest BCUT2D eigenvalue weighted by molar-refractivity contribution is -0.136. The van der Waals surface area contributed by atoms with Crippen LogP contribution in [-0.2, 0) is 39.9 Å². The van der Waals surface area contributed by atoms with E-state index in [1.807, 2.05) is 18.2 Å². The van der Waals surface area contributed by atoms with Crippen LogP contribution in [0.15, 0.2) is 59.2 Å². The van der Waals surface area contributed by atoms with E-state index in [1.54, 1.807) is 45.2 Å². The van der Waals surface area contributed by atoms with Crippen molar-refractivity contribution in [3.8, 4) is 0 Å². The summed E-state index contributed by atoms with van der Waals surface area (Å²) in [4.78, 5) is 94.9. The lowest BCUT2D eigenvalue weighted by atomic mass is 10.0. The van der Waals surface area contributed by atoms with Crippen LogP contribution >= 0.6 is 15.9 Å². The first-order chi connectivity index (χ1) is 23.6. The summed E-state index contributed by atoms with van der Waals surface area (Å²) < 4.78 is 11.5. The first-order valence-corrected chi connectivity index (χ1v) is 16.3. The highest BCUT2D eigenvalue weighted by atomic mass is 79.9. The predicted octanol–water partition coefficient (Wildman–Crippen LogP) is 0.683. The normalized spacial score (nSPS) is 20.7. The number of hydrogen-bond donors (Lipinski definition) is 7. The Bertz CT molecular complexity index is 1770. The summed E-state index contributed by atoms with van der Waals surface area (Å²) in [6.45, 7) is 3.69. The van der Waals surface area contributed by atoms with Crippen molar-refractivity contribution < 1.29 is 43.0 Å². The molecule has 2 heterocycles. The van der Waals surface area contributed by atoms with Gasteiger partial charge in [0, 0.05) is 34.5 Å². The van der Waals surface area contributed by atoms with Gasteiger partial charge in [0.1, 0.15) is 23.7 Å². The summed E-state index contributed by atoms with van der Waals surface area (Å²) in [5.74, 6) is -5.41. The summed E-state index contributed by atoms with van der Waals surface area (Å²) in [7, 11) is 0. The minimum Gasteiger partial charge on any atom is -0.447 e. The summed E-state index contributed by atoms with van der Waals surface area (Å²) in [6, 6.07) is 8.91. The lowest BCUT2D eigenvalue weighted by Gasteiger charge is -2.27. The molecule has 17 heteroatoms. The standard InChI is InChI=1S/C33H38BrN7O9/c1-33(2,3)50-32(48)41-24-15-37-27(43)22(11-18-14-36-21-10-9-19(34)12-20(18)21)40-30(46)25(49-31(47)17-7-5-4-6-8-17)16-38-28(44)23(13-26(35)42)39-29(24)45/h4-10,12,14,22-25,36H,11,13,15-16H2,1-3H3,(H2,35,42)(H,37,43)(H,38,44)(H,39,45)(H,40,46)(H,41,48). The van der Waals surface area contributed by atoms with Crippen molar-refractivity contribution in [1.29, 1.82) is 0 Å². The molecule has 50 heavy (non-hydrogen) atoms. The SMILES string of the molecule is CC(C)(C)OC(=O)NC1CNC(=O)C(Cc2c[nH]c3ccc(Br)cc23)NC(=O)C(OC(=O)c2ccccc2)CNC(=O)C(CC(N)=O)NC1=O. The molecule has 0 aliphatic carbocycles. The highest BCUT2D eigenvalue weighted by Crippen LogP contribution is 2.24. The molecular formula is C33H38BrN7O9. The summed E-state index contributed by atoms with van der Waals surface area (Å²) in [5.41, 5.74) is 5.91. The topological polar surface area (TPSA) is 240 Å². The third kappa shape index (κ3) is 10.5. The van der Waals surface area contributed by atoms with E-state index in [0.717, 1.165) is 15.4 Å². The molecule has 4 rings (SSSR count). The molecule has 3 aromatic rings. The molecule has 4 unspecified atom stereocenters. The zero-order valence-corrected chi connectivity index (χ0v) is 29.0. The van der Waals surface area contributed by atoms with E-state index < -0.39 is 90.9 Å². The van der Waals surface area contributed by atoms with Crippen molar-refractivity contribution in [2.45, 2.75) is 63.4 Å². The van der Waals surface area contributed by atoms with Gasteiger partial charge in [0.15, 0.2) is 6.10 Å². The Morgan fingerprint density at radius 2 is 1.56 bits per heavy atom. The zero-order valence-electron chi connectivity index (χ0n) is 27.5. The fraction of sp³-hybridized carbons (Fsp3) is 0.364. The van der Waals surface area contributed by atoms with E-state index in [2.05, 4.69) is 47.5 Å². The lowest BCUT2D eigenvalue weighted by Crippen LogP contribution is -2.61. The molecule has 0 bridgehead atoms. The average molecular weight is 757 g/mol. The number of amides is 6. The minimum absolute atomic E-state index is 0.0587. The van der Waals surface area contributed by atoms with E-state index >= 15 is 0 Å². The van der Waals surface area contributed by atoms with Gasteiger partial charge in [-0.1, -0.05) is 34.1 Å². The van der Waals surface area contributed by atoms with Crippen LogP contribution < -0.4 is 32.3 Å². The van der Waals surface area contributed by atoms with Gasteiger partial charge in [-0.15, -0.1) is 0 Å². The molecule has 8 N–H and O–H groups in total. The van der Waals surface area contributed by atoms with E-state index in [1.165, 1.54) is 12.1 Å². The summed E-state index contributed by atoms with van der Waals surface area (Å²) in [5, 5.41) is 13.1. The highest BCUT2D eigenvalue weighted by molar-refractivity contribution is 9.10. The maximum Gasteiger partial charge on any atom is 0.408 e. The summed E-state index contributed by atoms with van der Waals surface area (Å²) in [6.07, 6.45) is -1.70. The minimum atomic E-state index is -1.66. The van der Waals surface area contributed by atoms with Crippen molar-refractivity contribution in [1.82, 2.24) is 31.6 Å². The van der Waals surface area contributed by atoms with Crippen LogP contribution in [0.3, 0.4) is 0 Å². The molecule has 1 aliphatic rings. The number of H-pyrrole nitrogens is 1. The van der Waals surface area contributed by atoms with Gasteiger partial charge in [-0.25, -0.2) is 9.59 Å². The van der Waals surface area contributed by atoms with Crippen molar-refractivity contribution in [2.24, 2.45) is 5.73 Å². The third-order valence-corrected chi connectivity index (χ3v) is 7.82. The number of nitrogens with one attached hydrogen (secondary N) is 6. The van der Waals surface area contributed by atoms with Crippen molar-refractivity contribution in [2.75, 3.05) is 13.1 Å². The van der Waals surface area contributed by atoms with Crippen molar-refractivity contribution in [3.63, 3.8) is 0 Å². The van der Waals surface area contributed by atoms with Crippen LogP contribution in [0.25, 0.3) is 10.9 Å². The Labute approximate surface area is 295 Å². The predicted molar refractivity (Wildman–Crippen MR) is 182 cm³/mol. The number of ether oxygens (including phenoxy) is 2. The number of halogens is 1. The van der Waals surface area contributed by atoms with Crippen LogP contribution in [0.1, 0.15) is 43.1 Å². The number of alkyl carbamates (subject to hydrolysis) is 1. The first kappa shape index (κ1) is 37.4. The van der Waals surface area contributed by atoms with Gasteiger partial charge < -0.3 is 46.8 Å². The number of benzene rings is 2. The van der Waals surface area contributed by atoms with Crippen LogP contribution in [0.4, 0.5) is 4.79 Å². The van der Waals surface area contributed by atoms with Crippen LogP contribution in [0.5, 0.6) is 0 Å². The Kier molecular flexibility index (Phi) is 12.2. The number of fused-ring (bicyclic) bond motifs is 1. The van der Waals surface area contributed by atoms with Crippen molar-refractivity contribution in [3.05, 3.63) is 70.3 Å². The molecule has 1 aromatic heterocycles. The number of carbonyl (C=O) groups is 7. The molecule has 6 amide bonds.